The van der Waals surface area contributed by atoms with Crippen LogP contribution < -0.4 is 5.32 Å². The predicted octanol–water partition coefficient (Wildman–Crippen LogP) is 2.45. The molecule has 90 valence electrons. The molecule has 0 saturated heterocycles. The summed E-state index contributed by atoms with van der Waals surface area (Å²) in [7, 11) is 0. The molecule has 0 unspecified atom stereocenters. The number of rotatable bonds is 8. The first-order valence-corrected chi connectivity index (χ1v) is 6.26. The second-order valence-corrected chi connectivity index (χ2v) is 4.28. The summed E-state index contributed by atoms with van der Waals surface area (Å²) in [6, 6.07) is 0.686. The molecule has 1 fully saturated rings. The molecule has 1 N–H and O–H groups in total. The van der Waals surface area contributed by atoms with Crippen LogP contribution in [0.2, 0.25) is 0 Å². The van der Waals surface area contributed by atoms with Crippen molar-refractivity contribution in [1.29, 1.82) is 0 Å². The number of unbranched alkanes of at least 4 members (excludes halogenated alkanes) is 1. The fourth-order valence-electron chi connectivity index (χ4n) is 1.68. The summed E-state index contributed by atoms with van der Waals surface area (Å²) in [5.74, 6) is 0.988. The van der Waals surface area contributed by atoms with Gasteiger partial charge >= 0.3 is 0 Å². The minimum atomic E-state index is 0.686. The highest BCUT2D eigenvalue weighted by Crippen LogP contribution is 2.36. The first-order valence-electron chi connectivity index (χ1n) is 6.26. The van der Waals surface area contributed by atoms with E-state index in [1.165, 1.54) is 19.3 Å². The largest absolute Gasteiger partial charge is 0.380 e. The van der Waals surface area contributed by atoms with Gasteiger partial charge in [-0.25, -0.2) is 4.98 Å². The van der Waals surface area contributed by atoms with Crippen LogP contribution in [0.3, 0.4) is 0 Å². The lowest BCUT2D eigenvalue weighted by Gasteiger charge is -2.08. The van der Waals surface area contributed by atoms with Gasteiger partial charge < -0.3 is 14.6 Å². The summed E-state index contributed by atoms with van der Waals surface area (Å²) in [5, 5.41) is 3.32. The van der Waals surface area contributed by atoms with Gasteiger partial charge in [0, 0.05) is 31.6 Å². The molecule has 16 heavy (non-hydrogen) atoms. The Hall–Kier alpha value is -1.03. The van der Waals surface area contributed by atoms with Crippen molar-refractivity contribution >= 4 is 5.95 Å². The molecule has 1 aromatic rings. The van der Waals surface area contributed by atoms with Gasteiger partial charge in [-0.05, 0) is 19.3 Å². The highest BCUT2D eigenvalue weighted by atomic mass is 16.5. The lowest BCUT2D eigenvalue weighted by molar-refractivity contribution is 0.141. The molecule has 1 aromatic heterocycles. The van der Waals surface area contributed by atoms with E-state index in [9.17, 15) is 0 Å². The monoisotopic (exact) mass is 223 g/mol. The topological polar surface area (TPSA) is 39.1 Å². The molecular formula is C12H21N3O. The van der Waals surface area contributed by atoms with Gasteiger partial charge in [0.2, 0.25) is 5.95 Å². The third kappa shape index (κ3) is 3.23. The number of anilines is 1. The molecule has 0 bridgehead atoms. The molecule has 4 nitrogen and oxygen atoms in total. The lowest BCUT2D eigenvalue weighted by atomic mass is 10.4. The maximum Gasteiger partial charge on any atom is 0.203 e. The number of ether oxygens (including phenoxy) is 1. The molecule has 2 rings (SSSR count). The number of nitrogens with zero attached hydrogens (tertiary/aromatic N) is 2. The fourth-order valence-corrected chi connectivity index (χ4v) is 1.68. The van der Waals surface area contributed by atoms with Crippen LogP contribution in [0.4, 0.5) is 5.95 Å². The van der Waals surface area contributed by atoms with Crippen LogP contribution in [0.5, 0.6) is 0 Å². The van der Waals surface area contributed by atoms with Gasteiger partial charge in [-0.2, -0.15) is 0 Å². The second kappa shape index (κ2) is 5.89. The van der Waals surface area contributed by atoms with Crippen LogP contribution in [0.25, 0.3) is 0 Å². The van der Waals surface area contributed by atoms with E-state index in [0.717, 1.165) is 32.1 Å². The van der Waals surface area contributed by atoms with Crippen molar-refractivity contribution in [2.45, 2.75) is 38.6 Å². The minimum absolute atomic E-state index is 0.686. The van der Waals surface area contributed by atoms with Crippen molar-refractivity contribution in [3.8, 4) is 0 Å². The first-order chi connectivity index (χ1) is 7.92. The SMILES string of the molecule is CCCCOCCNc1nccn1C1CC1. The van der Waals surface area contributed by atoms with E-state index in [1.807, 2.05) is 6.20 Å². The number of aromatic nitrogens is 2. The Bertz CT molecular complexity index is 307. The van der Waals surface area contributed by atoms with Gasteiger partial charge in [0.25, 0.3) is 0 Å². The van der Waals surface area contributed by atoms with Gasteiger partial charge in [-0.1, -0.05) is 13.3 Å². The van der Waals surface area contributed by atoms with Gasteiger partial charge in [0.1, 0.15) is 0 Å². The Kier molecular flexibility index (Phi) is 4.22. The molecule has 0 spiro atoms. The number of nitrogens with one attached hydrogen (secondary N) is 1. The predicted molar refractivity (Wildman–Crippen MR) is 64.7 cm³/mol. The maximum absolute atomic E-state index is 5.49. The Morgan fingerprint density at radius 1 is 1.50 bits per heavy atom. The van der Waals surface area contributed by atoms with Crippen LogP contribution in [0.1, 0.15) is 38.6 Å². The zero-order chi connectivity index (χ0) is 11.2. The van der Waals surface area contributed by atoms with Gasteiger partial charge in [-0.3, -0.25) is 0 Å². The average molecular weight is 223 g/mol. The van der Waals surface area contributed by atoms with Crippen LogP contribution in [0.15, 0.2) is 12.4 Å². The van der Waals surface area contributed by atoms with Crippen molar-refractivity contribution in [2.24, 2.45) is 0 Å². The quantitative estimate of drug-likeness (QED) is 0.688. The Labute approximate surface area is 97.0 Å². The number of imidazole rings is 1. The molecule has 0 aliphatic heterocycles. The third-order valence-corrected chi connectivity index (χ3v) is 2.78. The van der Waals surface area contributed by atoms with E-state index in [4.69, 9.17) is 4.74 Å². The number of hydrogen-bond donors (Lipinski definition) is 1. The van der Waals surface area contributed by atoms with Crippen molar-refractivity contribution in [2.75, 3.05) is 25.1 Å². The molecule has 1 aliphatic carbocycles. The summed E-state index contributed by atoms with van der Waals surface area (Å²) in [6.07, 6.45) is 8.84. The summed E-state index contributed by atoms with van der Waals surface area (Å²) < 4.78 is 7.72. The summed E-state index contributed by atoms with van der Waals surface area (Å²) in [5.41, 5.74) is 0. The van der Waals surface area contributed by atoms with Crippen LogP contribution in [-0.2, 0) is 4.74 Å². The lowest BCUT2D eigenvalue weighted by Crippen LogP contribution is -2.13. The van der Waals surface area contributed by atoms with Gasteiger partial charge in [-0.15, -0.1) is 0 Å². The molecule has 0 aromatic carbocycles. The third-order valence-electron chi connectivity index (χ3n) is 2.78. The highest BCUT2D eigenvalue weighted by Gasteiger charge is 2.25. The normalized spacial score (nSPS) is 15.3. The second-order valence-electron chi connectivity index (χ2n) is 4.28. The van der Waals surface area contributed by atoms with E-state index in [1.54, 1.807) is 0 Å². The van der Waals surface area contributed by atoms with Crippen molar-refractivity contribution < 1.29 is 4.74 Å². The first kappa shape index (κ1) is 11.5. The molecule has 0 atom stereocenters. The molecular weight excluding hydrogens is 202 g/mol. The van der Waals surface area contributed by atoms with Crippen molar-refractivity contribution in [3.63, 3.8) is 0 Å². The van der Waals surface area contributed by atoms with E-state index >= 15 is 0 Å². The van der Waals surface area contributed by atoms with Crippen LogP contribution in [0, 0.1) is 0 Å². The zero-order valence-corrected chi connectivity index (χ0v) is 9.98. The average Bonchev–Trinajstić information content (AvgIpc) is 3.04. The molecule has 1 heterocycles. The molecule has 1 aliphatic rings. The van der Waals surface area contributed by atoms with E-state index < -0.39 is 0 Å². The summed E-state index contributed by atoms with van der Waals surface area (Å²) in [4.78, 5) is 4.31. The van der Waals surface area contributed by atoms with Gasteiger partial charge in [0.05, 0.1) is 6.61 Å². The smallest absolute Gasteiger partial charge is 0.203 e. The van der Waals surface area contributed by atoms with Gasteiger partial charge in [0.15, 0.2) is 0 Å². The van der Waals surface area contributed by atoms with E-state index in [0.29, 0.717) is 6.04 Å². The van der Waals surface area contributed by atoms with Crippen LogP contribution >= 0.6 is 0 Å². The van der Waals surface area contributed by atoms with Crippen molar-refractivity contribution in [3.05, 3.63) is 12.4 Å². The molecule has 0 amide bonds. The van der Waals surface area contributed by atoms with Crippen LogP contribution in [-0.4, -0.2) is 29.3 Å². The molecule has 0 radical (unpaired) electrons. The summed E-state index contributed by atoms with van der Waals surface area (Å²) in [6.45, 7) is 4.65. The fraction of sp³-hybridized carbons (Fsp3) is 0.750. The number of hydrogen-bond acceptors (Lipinski definition) is 3. The van der Waals surface area contributed by atoms with E-state index in [2.05, 4.69) is 28.0 Å². The highest BCUT2D eigenvalue weighted by molar-refractivity contribution is 5.27. The Balaban J connectivity index is 1.63. The Morgan fingerprint density at radius 3 is 3.12 bits per heavy atom. The summed E-state index contributed by atoms with van der Waals surface area (Å²) >= 11 is 0. The standard InChI is InChI=1S/C12H21N3O/c1-2-3-9-16-10-7-14-12-13-6-8-15(12)11-4-5-11/h6,8,11H,2-5,7,9-10H2,1H3,(H,13,14). The van der Waals surface area contributed by atoms with E-state index in [-0.39, 0.29) is 0 Å². The molecule has 4 heteroatoms. The zero-order valence-electron chi connectivity index (χ0n) is 9.98. The minimum Gasteiger partial charge on any atom is -0.380 e. The Morgan fingerprint density at radius 2 is 2.38 bits per heavy atom. The maximum atomic E-state index is 5.49. The van der Waals surface area contributed by atoms with Crippen molar-refractivity contribution in [1.82, 2.24) is 9.55 Å². The molecule has 1 saturated carbocycles.